The molecule has 0 bridgehead atoms. The average Bonchev–Trinajstić information content (AvgIpc) is 2.99. The van der Waals surface area contributed by atoms with Crippen LogP contribution in [-0.2, 0) is 6.54 Å². The number of nitrogens with one attached hydrogen (secondary N) is 1. The molecule has 0 spiro atoms. The molecule has 1 N–H and O–H groups in total. The van der Waals surface area contributed by atoms with Gasteiger partial charge in [0, 0.05) is 31.2 Å². The van der Waals surface area contributed by atoms with Crippen LogP contribution in [0.5, 0.6) is 0 Å². The molecular formula is C10H15N3. The molecule has 1 saturated carbocycles. The molecule has 13 heavy (non-hydrogen) atoms. The molecule has 2 rings (SSSR count). The van der Waals surface area contributed by atoms with E-state index in [9.17, 15) is 0 Å². The Balaban J connectivity index is 1.78. The van der Waals surface area contributed by atoms with Gasteiger partial charge in [-0.2, -0.15) is 0 Å². The van der Waals surface area contributed by atoms with E-state index in [4.69, 9.17) is 0 Å². The van der Waals surface area contributed by atoms with Gasteiger partial charge in [-0.3, -0.25) is 9.97 Å². The zero-order valence-corrected chi connectivity index (χ0v) is 7.90. The summed E-state index contributed by atoms with van der Waals surface area (Å²) >= 11 is 0. The van der Waals surface area contributed by atoms with Crippen LogP contribution in [0.25, 0.3) is 0 Å². The first-order valence-corrected chi connectivity index (χ1v) is 4.84. The molecule has 1 atom stereocenters. The third kappa shape index (κ3) is 2.49. The van der Waals surface area contributed by atoms with Crippen LogP contribution in [0.2, 0.25) is 0 Å². The minimum atomic E-state index is 0.627. The molecule has 1 heterocycles. The van der Waals surface area contributed by atoms with Gasteiger partial charge in [-0.15, -0.1) is 0 Å². The van der Waals surface area contributed by atoms with Crippen molar-refractivity contribution >= 4 is 0 Å². The highest BCUT2D eigenvalue weighted by Crippen LogP contribution is 2.32. The van der Waals surface area contributed by atoms with Crippen LogP contribution in [0.4, 0.5) is 0 Å². The molecule has 3 nitrogen and oxygen atoms in total. The normalized spacial score (nSPS) is 18.5. The number of aromatic nitrogens is 2. The van der Waals surface area contributed by atoms with Crippen molar-refractivity contribution in [3.05, 3.63) is 24.3 Å². The third-order valence-corrected chi connectivity index (χ3v) is 2.55. The Kier molecular flexibility index (Phi) is 2.54. The lowest BCUT2D eigenvalue weighted by Crippen LogP contribution is -2.27. The van der Waals surface area contributed by atoms with Crippen LogP contribution in [0.15, 0.2) is 18.6 Å². The molecular weight excluding hydrogens is 162 g/mol. The maximum atomic E-state index is 4.21. The van der Waals surface area contributed by atoms with Crippen molar-refractivity contribution in [3.8, 4) is 0 Å². The summed E-state index contributed by atoms with van der Waals surface area (Å²) in [6.07, 6.45) is 8.02. The standard InChI is InChI=1S/C10H15N3/c1-8(9-2-3-9)13-7-10-6-11-4-5-12-10/h4-6,8-9,13H,2-3,7H2,1H3. The van der Waals surface area contributed by atoms with E-state index in [0.29, 0.717) is 6.04 Å². The lowest BCUT2D eigenvalue weighted by Gasteiger charge is -2.11. The fourth-order valence-electron chi connectivity index (χ4n) is 1.45. The van der Waals surface area contributed by atoms with E-state index in [1.54, 1.807) is 12.4 Å². The summed E-state index contributed by atoms with van der Waals surface area (Å²) in [4.78, 5) is 8.23. The van der Waals surface area contributed by atoms with Gasteiger partial charge >= 0.3 is 0 Å². The van der Waals surface area contributed by atoms with Crippen LogP contribution in [-0.4, -0.2) is 16.0 Å². The maximum absolute atomic E-state index is 4.21. The van der Waals surface area contributed by atoms with E-state index in [0.717, 1.165) is 18.2 Å². The van der Waals surface area contributed by atoms with Crippen LogP contribution in [0, 0.1) is 5.92 Å². The second-order valence-electron chi connectivity index (χ2n) is 3.70. The molecule has 1 aromatic rings. The molecule has 1 fully saturated rings. The van der Waals surface area contributed by atoms with Crippen LogP contribution in [0.1, 0.15) is 25.5 Å². The Morgan fingerprint density at radius 1 is 1.54 bits per heavy atom. The van der Waals surface area contributed by atoms with Gasteiger partial charge < -0.3 is 5.32 Å². The maximum Gasteiger partial charge on any atom is 0.0724 e. The van der Waals surface area contributed by atoms with Crippen LogP contribution >= 0.6 is 0 Å². The third-order valence-electron chi connectivity index (χ3n) is 2.55. The smallest absolute Gasteiger partial charge is 0.0724 e. The Bertz CT molecular complexity index is 256. The summed E-state index contributed by atoms with van der Waals surface area (Å²) in [5.41, 5.74) is 1.02. The molecule has 0 amide bonds. The number of hydrogen-bond donors (Lipinski definition) is 1. The molecule has 0 aliphatic heterocycles. The first-order valence-electron chi connectivity index (χ1n) is 4.84. The highest BCUT2D eigenvalue weighted by Gasteiger charge is 2.27. The second kappa shape index (κ2) is 3.83. The first-order chi connectivity index (χ1) is 6.36. The average molecular weight is 177 g/mol. The summed E-state index contributed by atoms with van der Waals surface area (Å²) in [6, 6.07) is 0.627. The van der Waals surface area contributed by atoms with Crippen molar-refractivity contribution in [1.29, 1.82) is 0 Å². The van der Waals surface area contributed by atoms with E-state index < -0.39 is 0 Å². The SMILES string of the molecule is CC(NCc1cnccn1)C1CC1. The Morgan fingerprint density at radius 3 is 3.00 bits per heavy atom. The summed E-state index contributed by atoms with van der Waals surface area (Å²) in [6.45, 7) is 3.08. The van der Waals surface area contributed by atoms with Gasteiger partial charge in [0.25, 0.3) is 0 Å². The molecule has 70 valence electrons. The lowest BCUT2D eigenvalue weighted by molar-refractivity contribution is 0.491. The zero-order chi connectivity index (χ0) is 9.10. The van der Waals surface area contributed by atoms with Crippen molar-refractivity contribution < 1.29 is 0 Å². The summed E-state index contributed by atoms with van der Waals surface area (Å²) in [7, 11) is 0. The first kappa shape index (κ1) is 8.63. The van der Waals surface area contributed by atoms with E-state index in [-0.39, 0.29) is 0 Å². The van der Waals surface area contributed by atoms with Crippen molar-refractivity contribution in [2.24, 2.45) is 5.92 Å². The van der Waals surface area contributed by atoms with Crippen LogP contribution in [0.3, 0.4) is 0 Å². The minimum absolute atomic E-state index is 0.627. The van der Waals surface area contributed by atoms with Gasteiger partial charge in [0.2, 0.25) is 0 Å². The zero-order valence-electron chi connectivity index (χ0n) is 7.90. The highest BCUT2D eigenvalue weighted by atomic mass is 14.9. The van der Waals surface area contributed by atoms with E-state index >= 15 is 0 Å². The van der Waals surface area contributed by atoms with Crippen LogP contribution < -0.4 is 5.32 Å². The van der Waals surface area contributed by atoms with Crippen molar-refractivity contribution in [2.75, 3.05) is 0 Å². The largest absolute Gasteiger partial charge is 0.308 e. The molecule has 0 aromatic carbocycles. The number of rotatable bonds is 4. The Hall–Kier alpha value is -0.960. The lowest BCUT2D eigenvalue weighted by atomic mass is 10.2. The summed E-state index contributed by atoms with van der Waals surface area (Å²) < 4.78 is 0. The van der Waals surface area contributed by atoms with E-state index in [2.05, 4.69) is 22.2 Å². The second-order valence-corrected chi connectivity index (χ2v) is 3.70. The molecule has 1 aliphatic rings. The van der Waals surface area contributed by atoms with E-state index in [1.165, 1.54) is 12.8 Å². The number of hydrogen-bond acceptors (Lipinski definition) is 3. The quantitative estimate of drug-likeness (QED) is 0.754. The topological polar surface area (TPSA) is 37.8 Å². The predicted octanol–water partition coefficient (Wildman–Crippen LogP) is 1.36. The minimum Gasteiger partial charge on any atom is -0.308 e. The van der Waals surface area contributed by atoms with Crippen molar-refractivity contribution in [1.82, 2.24) is 15.3 Å². The fourth-order valence-corrected chi connectivity index (χ4v) is 1.45. The van der Waals surface area contributed by atoms with E-state index in [1.807, 2.05) is 6.20 Å². The monoisotopic (exact) mass is 177 g/mol. The molecule has 1 aromatic heterocycles. The predicted molar refractivity (Wildman–Crippen MR) is 51.1 cm³/mol. The molecule has 3 heteroatoms. The molecule has 1 aliphatic carbocycles. The summed E-state index contributed by atoms with van der Waals surface area (Å²) in [5.74, 6) is 0.900. The van der Waals surface area contributed by atoms with Crippen molar-refractivity contribution in [2.45, 2.75) is 32.4 Å². The van der Waals surface area contributed by atoms with Gasteiger partial charge in [0.1, 0.15) is 0 Å². The summed E-state index contributed by atoms with van der Waals surface area (Å²) in [5, 5.41) is 3.46. The Morgan fingerprint density at radius 2 is 2.38 bits per heavy atom. The van der Waals surface area contributed by atoms with Gasteiger partial charge in [-0.25, -0.2) is 0 Å². The highest BCUT2D eigenvalue weighted by molar-refractivity contribution is 4.95. The molecule has 0 radical (unpaired) electrons. The Labute approximate surface area is 78.6 Å². The van der Waals surface area contributed by atoms with Gasteiger partial charge in [-0.05, 0) is 25.7 Å². The van der Waals surface area contributed by atoms with Gasteiger partial charge in [0.15, 0.2) is 0 Å². The number of nitrogens with zero attached hydrogens (tertiary/aromatic N) is 2. The van der Waals surface area contributed by atoms with Crippen molar-refractivity contribution in [3.63, 3.8) is 0 Å². The molecule has 0 saturated heterocycles. The molecule has 1 unspecified atom stereocenters. The van der Waals surface area contributed by atoms with Gasteiger partial charge in [-0.1, -0.05) is 0 Å². The fraction of sp³-hybridized carbons (Fsp3) is 0.600. The van der Waals surface area contributed by atoms with Gasteiger partial charge in [0.05, 0.1) is 5.69 Å².